The van der Waals surface area contributed by atoms with Gasteiger partial charge in [0.15, 0.2) is 6.10 Å². The normalized spacial score (nSPS) is 12.7. The quantitative estimate of drug-likeness (QED) is 0.0261. The van der Waals surface area contributed by atoms with Gasteiger partial charge in [0.1, 0.15) is 13.2 Å². The van der Waals surface area contributed by atoms with E-state index in [-0.39, 0.29) is 31.1 Å². The van der Waals surface area contributed by atoms with E-state index in [0.717, 1.165) is 109 Å². The summed E-state index contributed by atoms with van der Waals surface area (Å²) < 4.78 is 16.9. The van der Waals surface area contributed by atoms with Gasteiger partial charge in [-0.25, -0.2) is 0 Å². The molecule has 0 heterocycles. The molecule has 0 saturated heterocycles. The predicted octanol–water partition coefficient (Wildman–Crippen LogP) is 20.7. The zero-order valence-electron chi connectivity index (χ0n) is 47.4. The molecule has 0 bridgehead atoms. The third-order valence-corrected chi connectivity index (χ3v) is 13.1. The van der Waals surface area contributed by atoms with Crippen molar-refractivity contribution in [1.82, 2.24) is 0 Å². The van der Waals surface area contributed by atoms with Crippen LogP contribution >= 0.6 is 0 Å². The Hall–Kier alpha value is -3.41. The van der Waals surface area contributed by atoms with E-state index in [4.69, 9.17) is 14.2 Å². The first-order valence-corrected chi connectivity index (χ1v) is 30.6. The number of esters is 3. The van der Waals surface area contributed by atoms with Crippen molar-refractivity contribution in [3.05, 3.63) is 85.1 Å². The zero-order valence-corrected chi connectivity index (χ0v) is 47.4. The van der Waals surface area contributed by atoms with E-state index in [2.05, 4.69) is 106 Å². The topological polar surface area (TPSA) is 78.9 Å². The number of unbranched alkanes of at least 4 members (excludes halogenated alkanes) is 30. The molecule has 0 aromatic heterocycles. The van der Waals surface area contributed by atoms with Gasteiger partial charge in [0.25, 0.3) is 0 Å². The smallest absolute Gasteiger partial charge is 0.306 e. The van der Waals surface area contributed by atoms with Crippen LogP contribution in [0.2, 0.25) is 0 Å². The Morgan fingerprint density at radius 1 is 0.292 bits per heavy atom. The van der Waals surface area contributed by atoms with Gasteiger partial charge < -0.3 is 14.2 Å². The van der Waals surface area contributed by atoms with Gasteiger partial charge in [0, 0.05) is 19.3 Å². The van der Waals surface area contributed by atoms with Crippen molar-refractivity contribution in [3.8, 4) is 0 Å². The van der Waals surface area contributed by atoms with Crippen molar-refractivity contribution in [1.29, 1.82) is 0 Å². The van der Waals surface area contributed by atoms with Crippen molar-refractivity contribution < 1.29 is 28.6 Å². The summed E-state index contributed by atoms with van der Waals surface area (Å²) in [7, 11) is 0. The molecule has 6 nitrogen and oxygen atoms in total. The van der Waals surface area contributed by atoms with E-state index < -0.39 is 6.10 Å². The highest BCUT2D eigenvalue weighted by atomic mass is 16.6. The summed E-state index contributed by atoms with van der Waals surface area (Å²) in [6, 6.07) is 0. The second-order valence-electron chi connectivity index (χ2n) is 20.2. The van der Waals surface area contributed by atoms with Gasteiger partial charge in [-0.2, -0.15) is 0 Å². The summed E-state index contributed by atoms with van der Waals surface area (Å²) in [5.74, 6) is -0.918. The molecule has 0 aliphatic carbocycles. The first-order chi connectivity index (χ1) is 35.5. The Balaban J connectivity index is 4.44. The SMILES string of the molecule is CC/C=C\C/C=C\C/C=C\C/C=C\C/C=C\CCCCCC(=O)OC[C@@H](COC(=O)CCCCCCCCC/C=C\C/C=C\CCCCC)OC(=O)CCCCCCCCCCCCCCCCCCCC. The maximum absolute atomic E-state index is 12.9. The van der Waals surface area contributed by atoms with E-state index in [0.29, 0.717) is 19.3 Å². The molecule has 0 N–H and O–H groups in total. The van der Waals surface area contributed by atoms with Gasteiger partial charge in [0.2, 0.25) is 0 Å². The van der Waals surface area contributed by atoms with Crippen LogP contribution in [0.5, 0.6) is 0 Å². The maximum atomic E-state index is 12.9. The molecule has 6 heteroatoms. The fraction of sp³-hybridized carbons (Fsp3) is 0.742. The van der Waals surface area contributed by atoms with Crippen molar-refractivity contribution in [2.45, 2.75) is 303 Å². The Morgan fingerprint density at radius 2 is 0.542 bits per heavy atom. The van der Waals surface area contributed by atoms with Gasteiger partial charge in [-0.05, 0) is 96.3 Å². The van der Waals surface area contributed by atoms with Crippen LogP contribution in [0, 0.1) is 0 Å². The summed E-state index contributed by atoms with van der Waals surface area (Å²) in [6.45, 7) is 6.50. The Bertz CT molecular complexity index is 1380. The molecule has 0 spiro atoms. The van der Waals surface area contributed by atoms with Crippen molar-refractivity contribution in [2.75, 3.05) is 13.2 Å². The Morgan fingerprint density at radius 3 is 0.889 bits per heavy atom. The third-order valence-electron chi connectivity index (χ3n) is 13.1. The lowest BCUT2D eigenvalue weighted by Crippen LogP contribution is -2.30. The molecule has 0 fully saturated rings. The molecule has 1 atom stereocenters. The summed E-state index contributed by atoms with van der Waals surface area (Å²) in [5, 5.41) is 0. The fourth-order valence-electron chi connectivity index (χ4n) is 8.56. The van der Waals surface area contributed by atoms with E-state index in [1.54, 1.807) is 0 Å². The summed E-state index contributed by atoms with van der Waals surface area (Å²) in [4.78, 5) is 38.3. The van der Waals surface area contributed by atoms with Gasteiger partial charge in [0.05, 0.1) is 0 Å². The number of allylic oxidation sites excluding steroid dienone is 14. The molecule has 414 valence electrons. The standard InChI is InChI=1S/C66H114O6/c1-4-7-10-13-16-19-22-25-28-31-33-36-38-41-44-47-50-53-56-59-65(68)71-62-63(61-70-64(67)58-55-52-49-46-43-40-37-34-30-27-24-21-18-15-12-9-6-3)72-66(69)60-57-54-51-48-45-42-39-35-32-29-26-23-20-17-14-11-8-5-2/h7,10,16,18-19,21,25,27-28,30,33,36,41,44,63H,4-6,8-9,11-15,17,20,22-24,26,29,31-32,34-35,37-40,42-43,45-62H2,1-3H3/b10-7-,19-16-,21-18-,28-25-,30-27-,36-33-,44-41-/t63-/m1/s1. The maximum Gasteiger partial charge on any atom is 0.306 e. The van der Waals surface area contributed by atoms with Crippen LogP contribution in [0.4, 0.5) is 0 Å². The van der Waals surface area contributed by atoms with E-state index in [9.17, 15) is 14.4 Å². The number of carbonyl (C=O) groups excluding carboxylic acids is 3. The van der Waals surface area contributed by atoms with Crippen LogP contribution in [0.3, 0.4) is 0 Å². The predicted molar refractivity (Wildman–Crippen MR) is 311 cm³/mol. The molecular weight excluding hydrogens is 889 g/mol. The van der Waals surface area contributed by atoms with Crippen molar-refractivity contribution in [2.24, 2.45) is 0 Å². The van der Waals surface area contributed by atoms with E-state index >= 15 is 0 Å². The first kappa shape index (κ1) is 68.6. The number of ether oxygens (including phenoxy) is 3. The van der Waals surface area contributed by atoms with Crippen molar-refractivity contribution >= 4 is 17.9 Å². The highest BCUT2D eigenvalue weighted by Gasteiger charge is 2.19. The van der Waals surface area contributed by atoms with E-state index in [1.807, 2.05) is 0 Å². The van der Waals surface area contributed by atoms with Gasteiger partial charge in [-0.3, -0.25) is 14.4 Å². The van der Waals surface area contributed by atoms with Crippen LogP contribution in [-0.4, -0.2) is 37.2 Å². The van der Waals surface area contributed by atoms with Gasteiger partial charge in [-0.1, -0.05) is 266 Å². The van der Waals surface area contributed by atoms with Crippen LogP contribution in [0.15, 0.2) is 85.1 Å². The lowest BCUT2D eigenvalue weighted by Gasteiger charge is -2.18. The fourth-order valence-corrected chi connectivity index (χ4v) is 8.56. The van der Waals surface area contributed by atoms with Gasteiger partial charge in [-0.15, -0.1) is 0 Å². The lowest BCUT2D eigenvalue weighted by atomic mass is 10.0. The molecule has 0 unspecified atom stereocenters. The molecule has 0 aliphatic rings. The van der Waals surface area contributed by atoms with Crippen LogP contribution in [-0.2, 0) is 28.6 Å². The molecule has 72 heavy (non-hydrogen) atoms. The molecule has 0 radical (unpaired) electrons. The molecular formula is C66H114O6. The summed E-state index contributed by atoms with van der Waals surface area (Å²) in [5.41, 5.74) is 0. The second-order valence-corrected chi connectivity index (χ2v) is 20.2. The van der Waals surface area contributed by atoms with Crippen LogP contribution in [0.25, 0.3) is 0 Å². The Kier molecular flexibility index (Phi) is 57.3. The first-order valence-electron chi connectivity index (χ1n) is 30.6. The highest BCUT2D eigenvalue weighted by molar-refractivity contribution is 5.71. The average Bonchev–Trinajstić information content (AvgIpc) is 3.38. The molecule has 0 aromatic carbocycles. The summed E-state index contributed by atoms with van der Waals surface area (Å²) in [6.07, 6.45) is 78.6. The minimum atomic E-state index is -0.793. The average molecular weight is 1000 g/mol. The molecule has 0 aliphatic heterocycles. The number of rotatable bonds is 55. The molecule has 0 saturated carbocycles. The number of hydrogen-bond donors (Lipinski definition) is 0. The van der Waals surface area contributed by atoms with Gasteiger partial charge >= 0.3 is 17.9 Å². The highest BCUT2D eigenvalue weighted by Crippen LogP contribution is 2.16. The second kappa shape index (κ2) is 60.1. The molecule has 0 amide bonds. The van der Waals surface area contributed by atoms with Crippen molar-refractivity contribution in [3.63, 3.8) is 0 Å². The number of hydrogen-bond acceptors (Lipinski definition) is 6. The molecule has 0 aromatic rings. The minimum Gasteiger partial charge on any atom is -0.462 e. The van der Waals surface area contributed by atoms with Crippen LogP contribution < -0.4 is 0 Å². The third kappa shape index (κ3) is 57.5. The van der Waals surface area contributed by atoms with E-state index in [1.165, 1.54) is 148 Å². The lowest BCUT2D eigenvalue weighted by molar-refractivity contribution is -0.167. The van der Waals surface area contributed by atoms with Crippen LogP contribution in [0.1, 0.15) is 297 Å². The summed E-state index contributed by atoms with van der Waals surface area (Å²) >= 11 is 0. The number of carbonyl (C=O) groups is 3. The monoisotopic (exact) mass is 1000 g/mol. The minimum absolute atomic E-state index is 0.0894. The largest absolute Gasteiger partial charge is 0.462 e. The molecule has 0 rings (SSSR count). The Labute approximate surface area is 445 Å². The zero-order chi connectivity index (χ0) is 52.2.